The van der Waals surface area contributed by atoms with E-state index in [1.54, 1.807) is 7.05 Å². The number of esters is 1. The van der Waals surface area contributed by atoms with Crippen LogP contribution in [0.5, 0.6) is 0 Å². The van der Waals surface area contributed by atoms with Crippen LogP contribution in [0, 0.1) is 0 Å². The predicted molar refractivity (Wildman–Crippen MR) is 66.8 cm³/mol. The van der Waals surface area contributed by atoms with Crippen LogP contribution in [0.25, 0.3) is 0 Å². The zero-order valence-electron chi connectivity index (χ0n) is 10.9. The van der Waals surface area contributed by atoms with Gasteiger partial charge in [0.25, 0.3) is 0 Å². The fraction of sp³-hybridized carbons (Fsp3) is 0.636. The van der Waals surface area contributed by atoms with E-state index in [-0.39, 0.29) is 4.90 Å². The van der Waals surface area contributed by atoms with Gasteiger partial charge in [-0.3, -0.25) is 9.48 Å². The summed E-state index contributed by atoms with van der Waals surface area (Å²) in [6.45, 7) is 0.330. The average Bonchev–Trinajstić information content (AvgIpc) is 2.85. The van der Waals surface area contributed by atoms with Crippen LogP contribution in [0.1, 0.15) is 19.3 Å². The molecule has 0 spiro atoms. The van der Waals surface area contributed by atoms with Crippen molar-refractivity contribution >= 4 is 16.0 Å². The maximum atomic E-state index is 12.5. The molecule has 1 atom stereocenters. The molecule has 0 aromatic carbocycles. The lowest BCUT2D eigenvalue weighted by Crippen LogP contribution is -2.48. The minimum Gasteiger partial charge on any atom is -0.468 e. The second-order valence-electron chi connectivity index (χ2n) is 4.50. The third kappa shape index (κ3) is 2.64. The van der Waals surface area contributed by atoms with Crippen molar-refractivity contribution in [2.75, 3.05) is 13.7 Å². The molecule has 1 aliphatic rings. The van der Waals surface area contributed by atoms with Crippen molar-refractivity contribution in [3.05, 3.63) is 12.4 Å². The summed E-state index contributed by atoms with van der Waals surface area (Å²) in [7, 11) is -0.781. The molecule has 0 saturated carbocycles. The van der Waals surface area contributed by atoms with Gasteiger partial charge < -0.3 is 4.74 Å². The molecule has 0 amide bonds. The van der Waals surface area contributed by atoms with Gasteiger partial charge in [0.1, 0.15) is 10.9 Å². The summed E-state index contributed by atoms with van der Waals surface area (Å²) < 4.78 is 32.3. The molecule has 1 unspecified atom stereocenters. The first-order valence-corrected chi connectivity index (χ1v) is 7.49. The van der Waals surface area contributed by atoms with Crippen LogP contribution in [0.15, 0.2) is 17.3 Å². The van der Waals surface area contributed by atoms with E-state index in [0.717, 1.165) is 12.8 Å². The summed E-state index contributed by atoms with van der Waals surface area (Å²) in [4.78, 5) is 11.8. The Bertz CT molecular complexity index is 566. The van der Waals surface area contributed by atoms with Gasteiger partial charge in [-0.25, -0.2) is 8.42 Å². The molecule has 2 rings (SSSR count). The lowest BCUT2D eigenvalue weighted by atomic mass is 10.1. The highest BCUT2D eigenvalue weighted by Gasteiger charge is 2.38. The van der Waals surface area contributed by atoms with Crippen molar-refractivity contribution in [1.29, 1.82) is 0 Å². The maximum Gasteiger partial charge on any atom is 0.324 e. The zero-order valence-corrected chi connectivity index (χ0v) is 11.8. The highest BCUT2D eigenvalue weighted by Crippen LogP contribution is 2.25. The first-order chi connectivity index (χ1) is 8.96. The number of hydrogen-bond acceptors (Lipinski definition) is 5. The Labute approximate surface area is 112 Å². The van der Waals surface area contributed by atoms with Gasteiger partial charge in [-0.1, -0.05) is 0 Å². The number of methoxy groups -OCH3 is 1. The van der Waals surface area contributed by atoms with Crippen molar-refractivity contribution in [3.63, 3.8) is 0 Å². The average molecular weight is 287 g/mol. The van der Waals surface area contributed by atoms with Crippen molar-refractivity contribution in [2.24, 2.45) is 7.05 Å². The lowest BCUT2D eigenvalue weighted by molar-refractivity contribution is -0.146. The van der Waals surface area contributed by atoms with Crippen LogP contribution >= 0.6 is 0 Å². The van der Waals surface area contributed by atoms with Gasteiger partial charge in [0, 0.05) is 19.8 Å². The predicted octanol–water partition coefficient (Wildman–Crippen LogP) is 0.136. The molecule has 1 aromatic heterocycles. The van der Waals surface area contributed by atoms with Gasteiger partial charge in [-0.05, 0) is 19.3 Å². The number of ether oxygens (including phenoxy) is 1. The number of aromatic nitrogens is 2. The van der Waals surface area contributed by atoms with Crippen molar-refractivity contribution < 1.29 is 17.9 Å². The summed E-state index contributed by atoms with van der Waals surface area (Å²) >= 11 is 0. The number of nitrogens with zero attached hydrogens (tertiary/aromatic N) is 3. The molecule has 1 aromatic rings. The first-order valence-electron chi connectivity index (χ1n) is 6.05. The molecule has 0 N–H and O–H groups in total. The van der Waals surface area contributed by atoms with E-state index in [2.05, 4.69) is 5.10 Å². The Kier molecular flexibility index (Phi) is 3.91. The van der Waals surface area contributed by atoms with E-state index in [1.807, 2.05) is 0 Å². The van der Waals surface area contributed by atoms with Crippen molar-refractivity contribution in [1.82, 2.24) is 14.1 Å². The Morgan fingerprint density at radius 2 is 2.21 bits per heavy atom. The number of sulfonamides is 1. The van der Waals surface area contributed by atoms with E-state index in [9.17, 15) is 13.2 Å². The van der Waals surface area contributed by atoms with E-state index in [1.165, 1.54) is 28.5 Å². The van der Waals surface area contributed by atoms with E-state index < -0.39 is 22.0 Å². The molecule has 1 aliphatic heterocycles. The standard InChI is InChI=1S/C11H17N3O4S/c1-13-8-9(7-12-13)19(16,17)14-6-4-3-5-10(14)11(15)18-2/h7-8,10H,3-6H2,1-2H3. The SMILES string of the molecule is COC(=O)C1CCCCN1S(=O)(=O)c1cnn(C)c1. The second-order valence-corrected chi connectivity index (χ2v) is 6.39. The van der Waals surface area contributed by atoms with Gasteiger partial charge in [-0.2, -0.15) is 9.40 Å². The topological polar surface area (TPSA) is 81.5 Å². The third-order valence-corrected chi connectivity index (χ3v) is 5.08. The largest absolute Gasteiger partial charge is 0.468 e. The van der Waals surface area contributed by atoms with Crippen LogP contribution in [0.3, 0.4) is 0 Å². The summed E-state index contributed by atoms with van der Waals surface area (Å²) in [6.07, 6.45) is 4.77. The zero-order chi connectivity index (χ0) is 14.0. The smallest absolute Gasteiger partial charge is 0.324 e. The molecule has 2 heterocycles. The quantitative estimate of drug-likeness (QED) is 0.738. The Morgan fingerprint density at radius 1 is 1.47 bits per heavy atom. The minimum atomic E-state index is -3.70. The normalized spacial score (nSPS) is 21.3. The summed E-state index contributed by atoms with van der Waals surface area (Å²) in [5.41, 5.74) is 0. The number of aryl methyl sites for hydroxylation is 1. The molecule has 19 heavy (non-hydrogen) atoms. The summed E-state index contributed by atoms with van der Waals surface area (Å²) in [6, 6.07) is -0.732. The molecular weight excluding hydrogens is 270 g/mol. The molecule has 0 aliphatic carbocycles. The molecule has 7 nitrogen and oxygen atoms in total. The fourth-order valence-corrected chi connectivity index (χ4v) is 3.86. The molecule has 8 heteroatoms. The van der Waals surface area contributed by atoms with E-state index in [0.29, 0.717) is 13.0 Å². The number of carbonyl (C=O) groups excluding carboxylic acids is 1. The monoisotopic (exact) mass is 287 g/mol. The number of carbonyl (C=O) groups is 1. The van der Waals surface area contributed by atoms with Gasteiger partial charge in [0.05, 0.1) is 13.3 Å². The van der Waals surface area contributed by atoms with Crippen molar-refractivity contribution in [2.45, 2.75) is 30.2 Å². The van der Waals surface area contributed by atoms with E-state index in [4.69, 9.17) is 4.74 Å². The Hall–Kier alpha value is -1.41. The minimum absolute atomic E-state index is 0.103. The summed E-state index contributed by atoms with van der Waals surface area (Å²) in [5.74, 6) is -0.507. The van der Waals surface area contributed by atoms with Crippen LogP contribution in [-0.4, -0.2) is 48.2 Å². The number of rotatable bonds is 3. The van der Waals surface area contributed by atoms with Crippen LogP contribution in [0.4, 0.5) is 0 Å². The van der Waals surface area contributed by atoms with Gasteiger partial charge >= 0.3 is 5.97 Å². The van der Waals surface area contributed by atoms with Gasteiger partial charge in [0.15, 0.2) is 0 Å². The summed E-state index contributed by atoms with van der Waals surface area (Å²) in [5, 5.41) is 3.86. The Morgan fingerprint density at radius 3 is 2.79 bits per heavy atom. The van der Waals surface area contributed by atoms with Crippen LogP contribution < -0.4 is 0 Å². The van der Waals surface area contributed by atoms with Crippen molar-refractivity contribution in [3.8, 4) is 0 Å². The van der Waals surface area contributed by atoms with Crippen LogP contribution in [0.2, 0.25) is 0 Å². The molecule has 0 bridgehead atoms. The number of piperidine rings is 1. The van der Waals surface area contributed by atoms with Gasteiger partial charge in [0.2, 0.25) is 10.0 Å². The third-order valence-electron chi connectivity index (χ3n) is 3.21. The highest BCUT2D eigenvalue weighted by atomic mass is 32.2. The van der Waals surface area contributed by atoms with Crippen LogP contribution in [-0.2, 0) is 26.6 Å². The molecule has 1 saturated heterocycles. The lowest BCUT2D eigenvalue weighted by Gasteiger charge is -2.32. The molecular formula is C11H17N3O4S. The first kappa shape index (κ1) is 14.0. The maximum absolute atomic E-state index is 12.5. The number of hydrogen-bond donors (Lipinski definition) is 0. The highest BCUT2D eigenvalue weighted by molar-refractivity contribution is 7.89. The van der Waals surface area contributed by atoms with Gasteiger partial charge in [-0.15, -0.1) is 0 Å². The molecule has 1 fully saturated rings. The molecule has 106 valence electrons. The van der Waals surface area contributed by atoms with E-state index >= 15 is 0 Å². The molecule has 0 radical (unpaired) electrons. The second kappa shape index (κ2) is 5.30. The Balaban J connectivity index is 2.34. The fourth-order valence-electron chi connectivity index (χ4n) is 2.23.